The highest BCUT2D eigenvalue weighted by molar-refractivity contribution is 9.10. The van der Waals surface area contributed by atoms with Crippen LogP contribution in [0.2, 0.25) is 0 Å². The Bertz CT molecular complexity index is 1130. The van der Waals surface area contributed by atoms with Gasteiger partial charge in [-0.3, -0.25) is 0 Å². The average molecular weight is 552 g/mol. The van der Waals surface area contributed by atoms with Crippen molar-refractivity contribution in [2.24, 2.45) is 5.92 Å². The number of anilines is 1. The number of aliphatic hydroxyl groups excluding tert-OH is 1. The quantitative estimate of drug-likeness (QED) is 0.199. The fourth-order valence-electron chi connectivity index (χ4n) is 5.20. The third kappa shape index (κ3) is 6.17. The Morgan fingerprint density at radius 1 is 1.03 bits per heavy atom. The molecule has 4 rings (SSSR count). The third-order valence-electron chi connectivity index (χ3n) is 7.07. The van der Waals surface area contributed by atoms with Crippen molar-refractivity contribution in [3.63, 3.8) is 0 Å². The fraction of sp³-hybridized carbons (Fsp3) is 0.367. The van der Waals surface area contributed by atoms with Crippen molar-refractivity contribution >= 4 is 27.6 Å². The average Bonchev–Trinajstić information content (AvgIpc) is 2.93. The second-order valence-corrected chi connectivity index (χ2v) is 10.3. The summed E-state index contributed by atoms with van der Waals surface area (Å²) in [6.07, 6.45) is 4.11. The molecule has 0 bridgehead atoms. The number of halogens is 1. The van der Waals surface area contributed by atoms with Crippen molar-refractivity contribution in [3.8, 4) is 0 Å². The first kappa shape index (κ1) is 26.4. The Balaban J connectivity index is 1.66. The van der Waals surface area contributed by atoms with Crippen molar-refractivity contribution in [3.05, 3.63) is 99.5 Å². The van der Waals surface area contributed by atoms with Crippen LogP contribution in [0.5, 0.6) is 0 Å². The first-order valence-electron chi connectivity index (χ1n) is 12.8. The van der Waals surface area contributed by atoms with Gasteiger partial charge in [0.15, 0.2) is 6.10 Å². The van der Waals surface area contributed by atoms with E-state index >= 15 is 0 Å². The van der Waals surface area contributed by atoms with Crippen LogP contribution in [-0.2, 0) is 4.74 Å². The van der Waals surface area contributed by atoms with E-state index in [-0.39, 0.29) is 6.04 Å². The number of carbonyl (C=O) groups is 1. The highest BCUT2D eigenvalue weighted by atomic mass is 79.9. The van der Waals surface area contributed by atoms with Gasteiger partial charge in [-0.2, -0.15) is 0 Å². The number of nitrogens with two attached hydrogens (primary N) is 1. The molecule has 0 aliphatic heterocycles. The van der Waals surface area contributed by atoms with Gasteiger partial charge in [0.1, 0.15) is 6.10 Å². The van der Waals surface area contributed by atoms with E-state index in [0.717, 1.165) is 30.5 Å². The zero-order valence-corrected chi connectivity index (χ0v) is 22.3. The Kier molecular flexibility index (Phi) is 9.19. The second kappa shape index (κ2) is 12.5. The molecule has 0 aromatic heterocycles. The molecule has 190 valence electrons. The summed E-state index contributed by atoms with van der Waals surface area (Å²) in [4.78, 5) is 13.5. The standard InChI is InChI=1S/C30H35BrN2O3/c1-2-33-27(20-12-6-3-7-13-20)24-18-23(19-25(31)26(24)32)30(35)36-29(22-16-10-5-11-17-22)28(34)21-14-8-4-9-15-21/h4-5,8-11,14-20,27-29,33-34H,2-3,6-7,12-13,32H2,1H3. The van der Waals surface area contributed by atoms with Gasteiger partial charge in [0.05, 0.1) is 11.3 Å². The van der Waals surface area contributed by atoms with Gasteiger partial charge in [0, 0.05) is 10.5 Å². The number of carbonyl (C=O) groups excluding carboxylic acids is 1. The van der Waals surface area contributed by atoms with Crippen LogP contribution in [0.4, 0.5) is 5.69 Å². The van der Waals surface area contributed by atoms with Gasteiger partial charge in [0.25, 0.3) is 0 Å². The number of esters is 1. The minimum atomic E-state index is -1.01. The van der Waals surface area contributed by atoms with Crippen LogP contribution in [0, 0.1) is 5.92 Å². The summed E-state index contributed by atoms with van der Waals surface area (Å²) < 4.78 is 6.67. The maximum atomic E-state index is 13.5. The predicted molar refractivity (Wildman–Crippen MR) is 148 cm³/mol. The van der Waals surface area contributed by atoms with Crippen LogP contribution in [0.3, 0.4) is 0 Å². The van der Waals surface area contributed by atoms with Gasteiger partial charge in [-0.25, -0.2) is 4.79 Å². The molecule has 1 aliphatic carbocycles. The van der Waals surface area contributed by atoms with E-state index in [2.05, 4.69) is 28.2 Å². The molecule has 3 aromatic rings. The van der Waals surface area contributed by atoms with Crippen molar-refractivity contribution in [1.29, 1.82) is 0 Å². The maximum absolute atomic E-state index is 13.5. The van der Waals surface area contributed by atoms with Crippen molar-refractivity contribution in [1.82, 2.24) is 5.32 Å². The van der Waals surface area contributed by atoms with Crippen molar-refractivity contribution in [2.45, 2.75) is 57.3 Å². The summed E-state index contributed by atoms with van der Waals surface area (Å²) in [5.41, 5.74) is 9.91. The topological polar surface area (TPSA) is 84.6 Å². The molecule has 0 spiro atoms. The number of benzene rings is 3. The number of nitrogen functional groups attached to an aromatic ring is 1. The van der Waals surface area contributed by atoms with E-state index in [9.17, 15) is 9.90 Å². The molecule has 3 unspecified atom stereocenters. The monoisotopic (exact) mass is 550 g/mol. The van der Waals surface area contributed by atoms with Crippen LogP contribution in [0.25, 0.3) is 0 Å². The molecular formula is C30H35BrN2O3. The molecule has 1 aliphatic rings. The Labute approximate surface area is 222 Å². The number of ether oxygens (including phenoxy) is 1. The zero-order valence-electron chi connectivity index (χ0n) is 20.7. The summed E-state index contributed by atoms with van der Waals surface area (Å²) in [5.74, 6) is -0.0317. The molecule has 0 heterocycles. The van der Waals surface area contributed by atoms with E-state index in [1.807, 2.05) is 66.7 Å². The largest absolute Gasteiger partial charge is 0.451 e. The van der Waals surface area contributed by atoms with Gasteiger partial charge in [-0.05, 0) is 70.1 Å². The lowest BCUT2D eigenvalue weighted by Gasteiger charge is -2.32. The Hall–Kier alpha value is -2.67. The fourth-order valence-corrected chi connectivity index (χ4v) is 5.67. The SMILES string of the molecule is CCNC(c1cc(C(=O)OC(c2ccccc2)C(O)c2ccccc2)cc(Br)c1N)C1CCCCC1. The number of hydrogen-bond donors (Lipinski definition) is 3. The molecule has 1 fully saturated rings. The second-order valence-electron chi connectivity index (χ2n) is 9.49. The van der Waals surface area contributed by atoms with Gasteiger partial charge in [0.2, 0.25) is 0 Å². The van der Waals surface area contributed by atoms with Gasteiger partial charge in [-0.1, -0.05) is 86.8 Å². The minimum absolute atomic E-state index is 0.0687. The zero-order chi connectivity index (χ0) is 25.5. The normalized spacial score (nSPS) is 16.8. The molecule has 4 N–H and O–H groups in total. The molecule has 0 radical (unpaired) electrons. The molecule has 3 aromatic carbocycles. The highest BCUT2D eigenvalue weighted by Gasteiger charge is 2.30. The molecule has 0 saturated heterocycles. The number of rotatable bonds is 9. The summed E-state index contributed by atoms with van der Waals surface area (Å²) in [7, 11) is 0. The lowest BCUT2D eigenvalue weighted by atomic mass is 9.80. The lowest BCUT2D eigenvalue weighted by Crippen LogP contribution is -2.30. The predicted octanol–water partition coefficient (Wildman–Crippen LogP) is 6.89. The van der Waals surface area contributed by atoms with Crippen LogP contribution in [0.15, 0.2) is 77.3 Å². The van der Waals surface area contributed by atoms with Crippen LogP contribution in [0.1, 0.15) is 84.3 Å². The molecule has 0 amide bonds. The van der Waals surface area contributed by atoms with Gasteiger partial charge >= 0.3 is 5.97 Å². The third-order valence-corrected chi connectivity index (χ3v) is 7.72. The summed E-state index contributed by atoms with van der Waals surface area (Å²) >= 11 is 3.58. The van der Waals surface area contributed by atoms with Crippen molar-refractivity contribution < 1.29 is 14.6 Å². The molecule has 3 atom stereocenters. The highest BCUT2D eigenvalue weighted by Crippen LogP contribution is 2.40. The van der Waals surface area contributed by atoms with E-state index in [1.165, 1.54) is 19.3 Å². The summed E-state index contributed by atoms with van der Waals surface area (Å²) in [6, 6.07) is 22.3. The van der Waals surface area contributed by atoms with Gasteiger partial charge in [-0.15, -0.1) is 0 Å². The first-order chi connectivity index (χ1) is 17.5. The van der Waals surface area contributed by atoms with E-state index in [1.54, 1.807) is 6.07 Å². The smallest absolute Gasteiger partial charge is 0.338 e. The Morgan fingerprint density at radius 3 is 2.25 bits per heavy atom. The molecule has 36 heavy (non-hydrogen) atoms. The van der Waals surface area contributed by atoms with Crippen molar-refractivity contribution in [2.75, 3.05) is 12.3 Å². The molecule has 1 saturated carbocycles. The lowest BCUT2D eigenvalue weighted by molar-refractivity contribution is -0.0209. The van der Waals surface area contributed by atoms with Crippen LogP contribution >= 0.6 is 15.9 Å². The van der Waals surface area contributed by atoms with E-state index in [4.69, 9.17) is 10.5 Å². The molecule has 5 nitrogen and oxygen atoms in total. The van der Waals surface area contributed by atoms with Crippen LogP contribution in [-0.4, -0.2) is 17.6 Å². The molecular weight excluding hydrogens is 516 g/mol. The summed E-state index contributed by atoms with van der Waals surface area (Å²) in [6.45, 7) is 2.90. The molecule has 6 heteroatoms. The van der Waals surface area contributed by atoms with E-state index in [0.29, 0.717) is 27.2 Å². The van der Waals surface area contributed by atoms with E-state index < -0.39 is 18.2 Å². The minimum Gasteiger partial charge on any atom is -0.451 e. The number of nitrogens with one attached hydrogen (secondary N) is 1. The maximum Gasteiger partial charge on any atom is 0.338 e. The summed E-state index contributed by atoms with van der Waals surface area (Å²) in [5, 5.41) is 14.8. The number of hydrogen-bond acceptors (Lipinski definition) is 5. The Morgan fingerprint density at radius 2 is 1.64 bits per heavy atom. The first-order valence-corrected chi connectivity index (χ1v) is 13.6. The van der Waals surface area contributed by atoms with Gasteiger partial charge < -0.3 is 20.9 Å². The van der Waals surface area contributed by atoms with Crippen LogP contribution < -0.4 is 11.1 Å². The number of aliphatic hydroxyl groups is 1.